The molecule has 0 saturated carbocycles. The molecule has 0 aromatic heterocycles. The molecule has 0 unspecified atom stereocenters. The van der Waals surface area contributed by atoms with Crippen molar-refractivity contribution >= 4 is 33.5 Å². The molecule has 1 N–H and O–H groups in total. The minimum Gasteiger partial charge on any atom is -0.378 e. The molecule has 152 valence electrons. The topological polar surface area (TPSA) is 32.3 Å². The fraction of sp³-hybridized carbons (Fsp3) is 0.296. The number of fused-ring (bicyclic) bond motifs is 4. The van der Waals surface area contributed by atoms with Crippen molar-refractivity contribution in [3.8, 4) is 0 Å². The number of ketones is 1. The van der Waals surface area contributed by atoms with Crippen molar-refractivity contribution in [3.05, 3.63) is 77.4 Å². The van der Waals surface area contributed by atoms with E-state index < -0.39 is 0 Å². The highest BCUT2D eigenvalue weighted by molar-refractivity contribution is 6.12. The number of carbonyl (C=O) groups is 1. The summed E-state index contributed by atoms with van der Waals surface area (Å²) in [5, 5.41) is 6.16. The van der Waals surface area contributed by atoms with E-state index in [1.54, 1.807) is 0 Å². The van der Waals surface area contributed by atoms with Crippen LogP contribution in [-0.4, -0.2) is 19.9 Å². The minimum absolute atomic E-state index is 0.0270. The molecule has 0 saturated heterocycles. The van der Waals surface area contributed by atoms with Gasteiger partial charge in [0.2, 0.25) is 0 Å². The number of allylic oxidation sites excluding steroid dienone is 1. The van der Waals surface area contributed by atoms with Crippen LogP contribution in [0.15, 0.2) is 66.2 Å². The van der Waals surface area contributed by atoms with Gasteiger partial charge in [0, 0.05) is 43.0 Å². The molecule has 0 radical (unpaired) electrons. The number of benzene rings is 3. The van der Waals surface area contributed by atoms with Crippen LogP contribution in [0.25, 0.3) is 16.3 Å². The van der Waals surface area contributed by atoms with Gasteiger partial charge in [0.1, 0.15) is 0 Å². The number of nitrogens with zero attached hydrogens (tertiary/aromatic N) is 1. The highest BCUT2D eigenvalue weighted by atomic mass is 16.1. The number of carbonyl (C=O) groups excluding carboxylic acids is 1. The summed E-state index contributed by atoms with van der Waals surface area (Å²) < 4.78 is 0. The molecule has 3 aromatic carbocycles. The van der Waals surface area contributed by atoms with Crippen molar-refractivity contribution in [3.63, 3.8) is 0 Å². The van der Waals surface area contributed by atoms with Crippen LogP contribution in [0.4, 0.5) is 11.4 Å². The minimum atomic E-state index is -0.103. The summed E-state index contributed by atoms with van der Waals surface area (Å²) in [6.45, 7) is 4.42. The molecule has 1 heterocycles. The quantitative estimate of drug-likeness (QED) is 0.558. The van der Waals surface area contributed by atoms with Gasteiger partial charge in [0.25, 0.3) is 0 Å². The van der Waals surface area contributed by atoms with E-state index in [4.69, 9.17) is 0 Å². The molecule has 1 aliphatic carbocycles. The van der Waals surface area contributed by atoms with Crippen molar-refractivity contribution in [2.24, 2.45) is 5.41 Å². The first kappa shape index (κ1) is 18.9. The van der Waals surface area contributed by atoms with E-state index in [-0.39, 0.29) is 17.2 Å². The third kappa shape index (κ3) is 3.00. The summed E-state index contributed by atoms with van der Waals surface area (Å²) >= 11 is 0. The van der Waals surface area contributed by atoms with E-state index in [1.807, 2.05) is 14.1 Å². The zero-order valence-corrected chi connectivity index (χ0v) is 18.1. The van der Waals surface area contributed by atoms with E-state index in [1.165, 1.54) is 21.9 Å². The third-order valence-corrected chi connectivity index (χ3v) is 6.48. The molecule has 0 bridgehead atoms. The highest BCUT2D eigenvalue weighted by Crippen LogP contribution is 2.52. The SMILES string of the molecule is CN(C)c1ccc([C@@H]2Nc3ccc4ccccc4c3C3=C2C(=O)CC(C)(C)C3)cc1. The Balaban J connectivity index is 1.73. The lowest BCUT2D eigenvalue weighted by Crippen LogP contribution is -2.33. The number of nitrogens with one attached hydrogen (secondary N) is 1. The second-order valence-electron chi connectivity index (χ2n) is 9.61. The van der Waals surface area contributed by atoms with Gasteiger partial charge in [-0.05, 0) is 51.9 Å². The summed E-state index contributed by atoms with van der Waals surface area (Å²) in [5.41, 5.74) is 6.79. The average molecular weight is 397 g/mol. The van der Waals surface area contributed by atoms with Crippen LogP contribution in [0.3, 0.4) is 0 Å². The summed E-state index contributed by atoms with van der Waals surface area (Å²) in [4.78, 5) is 15.5. The second kappa shape index (κ2) is 6.73. The van der Waals surface area contributed by atoms with Crippen LogP contribution < -0.4 is 10.2 Å². The molecule has 1 atom stereocenters. The predicted octanol–water partition coefficient (Wildman–Crippen LogP) is 6.22. The zero-order chi connectivity index (χ0) is 21.0. The van der Waals surface area contributed by atoms with Gasteiger partial charge in [-0.15, -0.1) is 0 Å². The van der Waals surface area contributed by atoms with Crippen molar-refractivity contribution in [2.75, 3.05) is 24.3 Å². The van der Waals surface area contributed by atoms with Gasteiger partial charge in [-0.2, -0.15) is 0 Å². The Morgan fingerprint density at radius 2 is 1.67 bits per heavy atom. The van der Waals surface area contributed by atoms with Crippen LogP contribution in [0, 0.1) is 5.41 Å². The predicted molar refractivity (Wildman–Crippen MR) is 126 cm³/mol. The largest absolute Gasteiger partial charge is 0.378 e. The Morgan fingerprint density at radius 3 is 2.40 bits per heavy atom. The van der Waals surface area contributed by atoms with E-state index in [0.717, 1.165) is 28.9 Å². The Labute approximate surface area is 178 Å². The summed E-state index contributed by atoms with van der Waals surface area (Å²) in [6, 6.07) is 21.3. The Kier molecular flexibility index (Phi) is 4.25. The highest BCUT2D eigenvalue weighted by Gasteiger charge is 2.40. The third-order valence-electron chi connectivity index (χ3n) is 6.48. The van der Waals surface area contributed by atoms with E-state index in [0.29, 0.717) is 6.42 Å². The molecule has 1 aliphatic heterocycles. The molecular weight excluding hydrogens is 368 g/mol. The lowest BCUT2D eigenvalue weighted by molar-refractivity contribution is -0.118. The molecule has 0 spiro atoms. The molecule has 0 amide bonds. The fourth-order valence-electron chi connectivity index (χ4n) is 5.05. The van der Waals surface area contributed by atoms with E-state index >= 15 is 0 Å². The maximum Gasteiger partial charge on any atom is 0.162 e. The number of hydrogen-bond donors (Lipinski definition) is 1. The van der Waals surface area contributed by atoms with Crippen molar-refractivity contribution in [1.29, 1.82) is 0 Å². The molecule has 0 fully saturated rings. The van der Waals surface area contributed by atoms with Gasteiger partial charge < -0.3 is 10.2 Å². The van der Waals surface area contributed by atoms with Gasteiger partial charge >= 0.3 is 0 Å². The standard InChI is InChI=1S/C27H28N2O/c1-27(2)15-21-24-20-8-6-5-7-17(20)11-14-22(24)28-26(25(21)23(30)16-27)18-9-12-19(13-10-18)29(3)4/h5-14,26,28H,15-16H2,1-4H3/t26-/m0/s1. The zero-order valence-electron chi connectivity index (χ0n) is 18.1. The molecule has 3 heteroatoms. The van der Waals surface area contributed by atoms with Crippen LogP contribution >= 0.6 is 0 Å². The molecular formula is C27H28N2O. The van der Waals surface area contributed by atoms with Crippen LogP contribution in [0.5, 0.6) is 0 Å². The molecule has 2 aliphatic rings. The maximum atomic E-state index is 13.4. The first-order valence-corrected chi connectivity index (χ1v) is 10.7. The number of rotatable bonds is 2. The Hall–Kier alpha value is -3.07. The first-order valence-electron chi connectivity index (χ1n) is 10.7. The van der Waals surface area contributed by atoms with Crippen molar-refractivity contribution < 1.29 is 4.79 Å². The van der Waals surface area contributed by atoms with Gasteiger partial charge in [-0.1, -0.05) is 56.3 Å². The normalized spacial score (nSPS) is 19.9. The lowest BCUT2D eigenvalue weighted by atomic mass is 9.68. The number of Topliss-reactive ketones (excluding diaryl/α,β-unsaturated/α-hetero) is 1. The van der Waals surface area contributed by atoms with Gasteiger partial charge in [-0.3, -0.25) is 4.79 Å². The average Bonchev–Trinajstić information content (AvgIpc) is 2.72. The monoisotopic (exact) mass is 396 g/mol. The van der Waals surface area contributed by atoms with Crippen molar-refractivity contribution in [2.45, 2.75) is 32.7 Å². The van der Waals surface area contributed by atoms with Gasteiger partial charge in [-0.25, -0.2) is 0 Å². The lowest BCUT2D eigenvalue weighted by Gasteiger charge is -2.40. The Morgan fingerprint density at radius 1 is 0.933 bits per heavy atom. The fourth-order valence-corrected chi connectivity index (χ4v) is 5.05. The number of hydrogen-bond acceptors (Lipinski definition) is 3. The van der Waals surface area contributed by atoms with Gasteiger partial charge in [0.05, 0.1) is 6.04 Å². The van der Waals surface area contributed by atoms with Gasteiger partial charge in [0.15, 0.2) is 5.78 Å². The summed E-state index contributed by atoms with van der Waals surface area (Å²) in [5.74, 6) is 0.272. The molecule has 30 heavy (non-hydrogen) atoms. The maximum absolute atomic E-state index is 13.4. The second-order valence-corrected chi connectivity index (χ2v) is 9.61. The molecule has 5 rings (SSSR count). The number of anilines is 2. The van der Waals surface area contributed by atoms with Crippen LogP contribution in [-0.2, 0) is 4.79 Å². The van der Waals surface area contributed by atoms with Crippen LogP contribution in [0.2, 0.25) is 0 Å². The summed E-state index contributed by atoms with van der Waals surface area (Å²) in [6.07, 6.45) is 1.52. The van der Waals surface area contributed by atoms with E-state index in [9.17, 15) is 4.79 Å². The van der Waals surface area contributed by atoms with Crippen molar-refractivity contribution in [1.82, 2.24) is 0 Å². The molecule has 3 nitrogen and oxygen atoms in total. The summed E-state index contributed by atoms with van der Waals surface area (Å²) in [7, 11) is 4.09. The van der Waals surface area contributed by atoms with Crippen LogP contribution in [0.1, 0.15) is 43.9 Å². The van der Waals surface area contributed by atoms with E-state index in [2.05, 4.69) is 84.7 Å². The molecule has 3 aromatic rings. The first-order chi connectivity index (χ1) is 14.3. The Bertz CT molecular complexity index is 1190. The smallest absolute Gasteiger partial charge is 0.162 e.